The number of nitrogens with one attached hydrogen (secondary N) is 1. The highest BCUT2D eigenvalue weighted by molar-refractivity contribution is 5.79. The SMILES string of the molecule is CC(NC(=O)Cc1ccc(C(F)(F)F)cc1)c1cc(F)ccc1N1CCN(C)CC1. The van der Waals surface area contributed by atoms with Gasteiger partial charge in [-0.05, 0) is 49.9 Å². The van der Waals surface area contributed by atoms with Gasteiger partial charge in [0.05, 0.1) is 18.0 Å². The molecule has 2 aromatic carbocycles. The Labute approximate surface area is 173 Å². The molecular formula is C22H25F4N3O. The van der Waals surface area contributed by atoms with Crippen molar-refractivity contribution < 1.29 is 22.4 Å². The van der Waals surface area contributed by atoms with E-state index < -0.39 is 17.8 Å². The Hall–Kier alpha value is -2.61. The van der Waals surface area contributed by atoms with Crippen molar-refractivity contribution in [3.63, 3.8) is 0 Å². The Kier molecular flexibility index (Phi) is 6.65. The van der Waals surface area contributed by atoms with Crippen LogP contribution >= 0.6 is 0 Å². The third-order valence-corrected chi connectivity index (χ3v) is 5.32. The predicted molar refractivity (Wildman–Crippen MR) is 108 cm³/mol. The van der Waals surface area contributed by atoms with E-state index in [9.17, 15) is 22.4 Å². The molecule has 162 valence electrons. The molecule has 30 heavy (non-hydrogen) atoms. The van der Waals surface area contributed by atoms with Gasteiger partial charge in [-0.15, -0.1) is 0 Å². The standard InChI is InChI=1S/C22H25F4N3O/c1-15(27-21(30)13-16-3-5-17(6-4-16)22(24,25)26)19-14-18(23)7-8-20(19)29-11-9-28(2)10-12-29/h3-8,14-15H,9-13H2,1-2H3,(H,27,30). The first-order chi connectivity index (χ1) is 14.1. The summed E-state index contributed by atoms with van der Waals surface area (Å²) in [6.07, 6.45) is -4.46. The van der Waals surface area contributed by atoms with Crippen LogP contribution < -0.4 is 10.2 Å². The highest BCUT2D eigenvalue weighted by Gasteiger charge is 2.30. The third kappa shape index (κ3) is 5.50. The van der Waals surface area contributed by atoms with E-state index in [0.717, 1.165) is 44.0 Å². The number of benzene rings is 2. The summed E-state index contributed by atoms with van der Waals surface area (Å²) in [5.74, 6) is -0.720. The van der Waals surface area contributed by atoms with E-state index in [-0.39, 0.29) is 18.1 Å². The molecule has 0 saturated carbocycles. The number of anilines is 1. The number of halogens is 4. The molecular weight excluding hydrogens is 398 g/mol. The maximum atomic E-state index is 13.9. The number of nitrogens with zero attached hydrogens (tertiary/aromatic N) is 2. The minimum Gasteiger partial charge on any atom is -0.369 e. The van der Waals surface area contributed by atoms with Gasteiger partial charge in [-0.25, -0.2) is 4.39 Å². The molecule has 0 spiro atoms. The van der Waals surface area contributed by atoms with Crippen LogP contribution in [0.3, 0.4) is 0 Å². The Morgan fingerprint density at radius 2 is 1.70 bits per heavy atom. The highest BCUT2D eigenvalue weighted by Crippen LogP contribution is 2.30. The van der Waals surface area contributed by atoms with Crippen LogP contribution in [-0.4, -0.2) is 44.0 Å². The van der Waals surface area contributed by atoms with Crippen molar-refractivity contribution in [2.75, 3.05) is 38.1 Å². The number of carbonyl (C=O) groups is 1. The number of alkyl halides is 3. The molecule has 1 fully saturated rings. The van der Waals surface area contributed by atoms with Crippen molar-refractivity contribution in [3.05, 3.63) is 65.0 Å². The summed E-state index contributed by atoms with van der Waals surface area (Å²) in [5.41, 5.74) is 1.29. The number of rotatable bonds is 5. The van der Waals surface area contributed by atoms with Crippen LogP contribution in [0.2, 0.25) is 0 Å². The quantitative estimate of drug-likeness (QED) is 0.738. The summed E-state index contributed by atoms with van der Waals surface area (Å²) < 4.78 is 51.9. The Balaban J connectivity index is 1.68. The van der Waals surface area contributed by atoms with Crippen LogP contribution in [0.1, 0.15) is 29.7 Å². The van der Waals surface area contributed by atoms with Gasteiger partial charge in [-0.3, -0.25) is 4.79 Å². The van der Waals surface area contributed by atoms with Crippen LogP contribution in [0.5, 0.6) is 0 Å². The lowest BCUT2D eigenvalue weighted by atomic mass is 10.0. The van der Waals surface area contributed by atoms with Gasteiger partial charge in [0.25, 0.3) is 0 Å². The van der Waals surface area contributed by atoms with Crippen molar-refractivity contribution in [1.82, 2.24) is 10.2 Å². The largest absolute Gasteiger partial charge is 0.416 e. The number of hydrogen-bond acceptors (Lipinski definition) is 3. The average Bonchev–Trinajstić information content (AvgIpc) is 2.68. The molecule has 1 unspecified atom stereocenters. The Morgan fingerprint density at radius 3 is 2.30 bits per heavy atom. The summed E-state index contributed by atoms with van der Waals surface area (Å²) >= 11 is 0. The topological polar surface area (TPSA) is 35.6 Å². The first-order valence-electron chi connectivity index (χ1n) is 9.82. The smallest absolute Gasteiger partial charge is 0.369 e. The predicted octanol–water partition coefficient (Wildman–Crippen LogP) is 4.02. The van der Waals surface area contributed by atoms with Crippen molar-refractivity contribution >= 4 is 11.6 Å². The zero-order chi connectivity index (χ0) is 21.9. The van der Waals surface area contributed by atoms with Gasteiger partial charge in [0.15, 0.2) is 0 Å². The molecule has 1 atom stereocenters. The molecule has 8 heteroatoms. The minimum absolute atomic E-state index is 0.0539. The molecule has 1 saturated heterocycles. The second kappa shape index (κ2) is 9.04. The Morgan fingerprint density at radius 1 is 1.07 bits per heavy atom. The molecule has 1 aliphatic heterocycles. The summed E-state index contributed by atoms with van der Waals surface area (Å²) in [6.45, 7) is 5.18. The second-order valence-electron chi connectivity index (χ2n) is 7.65. The zero-order valence-electron chi connectivity index (χ0n) is 17.0. The summed E-state index contributed by atoms with van der Waals surface area (Å²) in [4.78, 5) is 16.8. The molecule has 0 bridgehead atoms. The average molecular weight is 423 g/mol. The highest BCUT2D eigenvalue weighted by atomic mass is 19.4. The Bertz CT molecular complexity index is 875. The number of hydrogen-bond donors (Lipinski definition) is 1. The fraction of sp³-hybridized carbons (Fsp3) is 0.409. The number of piperazine rings is 1. The molecule has 1 aliphatic rings. The lowest BCUT2D eigenvalue weighted by Crippen LogP contribution is -2.45. The van der Waals surface area contributed by atoms with E-state index >= 15 is 0 Å². The molecule has 0 radical (unpaired) electrons. The number of carbonyl (C=O) groups excluding carboxylic acids is 1. The van der Waals surface area contributed by atoms with E-state index in [1.54, 1.807) is 13.0 Å². The van der Waals surface area contributed by atoms with Crippen LogP contribution in [-0.2, 0) is 17.4 Å². The minimum atomic E-state index is -4.41. The monoisotopic (exact) mass is 423 g/mol. The summed E-state index contributed by atoms with van der Waals surface area (Å²) in [5, 5.41) is 2.84. The normalized spacial score (nSPS) is 16.4. The van der Waals surface area contributed by atoms with E-state index in [0.29, 0.717) is 11.1 Å². The van der Waals surface area contributed by atoms with Gasteiger partial charge < -0.3 is 15.1 Å². The summed E-state index contributed by atoms with van der Waals surface area (Å²) in [6, 6.07) is 8.64. The van der Waals surface area contributed by atoms with Crippen LogP contribution in [0.15, 0.2) is 42.5 Å². The van der Waals surface area contributed by atoms with Gasteiger partial charge in [0.1, 0.15) is 5.82 Å². The molecule has 1 heterocycles. The summed E-state index contributed by atoms with van der Waals surface area (Å²) in [7, 11) is 2.05. The molecule has 4 nitrogen and oxygen atoms in total. The van der Waals surface area contributed by atoms with Gasteiger partial charge in [0.2, 0.25) is 5.91 Å². The van der Waals surface area contributed by atoms with Crippen LogP contribution in [0, 0.1) is 5.82 Å². The van der Waals surface area contributed by atoms with Gasteiger partial charge >= 0.3 is 6.18 Å². The van der Waals surface area contributed by atoms with Crippen LogP contribution in [0.25, 0.3) is 0 Å². The lowest BCUT2D eigenvalue weighted by Gasteiger charge is -2.36. The fourth-order valence-corrected chi connectivity index (χ4v) is 3.57. The van der Waals surface area contributed by atoms with E-state index in [4.69, 9.17) is 0 Å². The molecule has 0 aliphatic carbocycles. The van der Waals surface area contributed by atoms with Crippen molar-refractivity contribution in [2.24, 2.45) is 0 Å². The molecule has 2 aromatic rings. The first-order valence-corrected chi connectivity index (χ1v) is 9.82. The van der Waals surface area contributed by atoms with Gasteiger partial charge in [-0.1, -0.05) is 12.1 Å². The molecule has 1 N–H and O–H groups in total. The van der Waals surface area contributed by atoms with E-state index in [1.807, 2.05) is 7.05 Å². The fourth-order valence-electron chi connectivity index (χ4n) is 3.57. The molecule has 1 amide bonds. The van der Waals surface area contributed by atoms with Gasteiger partial charge in [0, 0.05) is 37.4 Å². The molecule has 3 rings (SSSR count). The number of likely N-dealkylation sites (N-methyl/N-ethyl adjacent to an activating group) is 1. The lowest BCUT2D eigenvalue weighted by molar-refractivity contribution is -0.137. The third-order valence-electron chi connectivity index (χ3n) is 5.32. The zero-order valence-corrected chi connectivity index (χ0v) is 17.0. The first kappa shape index (κ1) is 22.1. The van der Waals surface area contributed by atoms with Crippen LogP contribution in [0.4, 0.5) is 23.2 Å². The van der Waals surface area contributed by atoms with E-state index in [1.165, 1.54) is 24.3 Å². The van der Waals surface area contributed by atoms with Crippen molar-refractivity contribution in [3.8, 4) is 0 Å². The van der Waals surface area contributed by atoms with E-state index in [2.05, 4.69) is 15.1 Å². The maximum Gasteiger partial charge on any atom is 0.416 e. The maximum absolute atomic E-state index is 13.9. The molecule has 0 aromatic heterocycles. The van der Waals surface area contributed by atoms with Crippen molar-refractivity contribution in [2.45, 2.75) is 25.6 Å². The second-order valence-corrected chi connectivity index (χ2v) is 7.65. The van der Waals surface area contributed by atoms with Crippen molar-refractivity contribution in [1.29, 1.82) is 0 Å². The number of amides is 1. The van der Waals surface area contributed by atoms with Gasteiger partial charge in [-0.2, -0.15) is 13.2 Å².